The molecular weight excluding hydrogens is 240 g/mol. The predicted octanol–water partition coefficient (Wildman–Crippen LogP) is 1.21. The lowest BCUT2D eigenvalue weighted by Gasteiger charge is -2.03. The van der Waals surface area contributed by atoms with Crippen molar-refractivity contribution >= 4 is 23.4 Å². The molecule has 88 valence electrons. The number of nitrogen functional groups attached to an aromatic ring is 1. The van der Waals surface area contributed by atoms with Crippen LogP contribution in [0.1, 0.15) is 16.2 Å². The van der Waals surface area contributed by atoms with E-state index in [2.05, 4.69) is 10.2 Å². The van der Waals surface area contributed by atoms with Crippen molar-refractivity contribution in [3.05, 3.63) is 29.7 Å². The van der Waals surface area contributed by atoms with Gasteiger partial charge in [0.2, 0.25) is 11.8 Å². The Morgan fingerprint density at radius 3 is 2.71 bits per heavy atom. The van der Waals surface area contributed by atoms with Crippen LogP contribution in [0.3, 0.4) is 0 Å². The van der Waals surface area contributed by atoms with Crippen LogP contribution in [0.4, 0.5) is 5.69 Å². The van der Waals surface area contributed by atoms with Crippen LogP contribution in [0, 0.1) is 6.92 Å². The van der Waals surface area contributed by atoms with E-state index in [1.165, 1.54) is 17.8 Å². The maximum atomic E-state index is 10.9. The van der Waals surface area contributed by atoms with Gasteiger partial charge in [0.1, 0.15) is 0 Å². The zero-order valence-corrected chi connectivity index (χ0v) is 9.82. The third-order valence-electron chi connectivity index (χ3n) is 2.00. The number of hydrogen-bond donors (Lipinski definition) is 2. The first-order chi connectivity index (χ1) is 8.06. The third-order valence-corrected chi connectivity index (χ3v) is 2.93. The number of hydrogen-bond acceptors (Lipinski definition) is 6. The lowest BCUT2D eigenvalue weighted by molar-refractivity contribution is 0.100. The van der Waals surface area contributed by atoms with E-state index in [4.69, 9.17) is 15.9 Å². The topological polar surface area (TPSA) is 108 Å². The quantitative estimate of drug-likeness (QED) is 0.792. The molecule has 7 heteroatoms. The second-order valence-corrected chi connectivity index (χ2v) is 4.30. The molecule has 2 aromatic rings. The van der Waals surface area contributed by atoms with Crippen LogP contribution in [0.25, 0.3) is 0 Å². The van der Waals surface area contributed by atoms with Crippen molar-refractivity contribution < 1.29 is 9.21 Å². The monoisotopic (exact) mass is 250 g/mol. The lowest BCUT2D eigenvalue weighted by atomic mass is 10.2. The number of aryl methyl sites for hydroxylation is 1. The Morgan fingerprint density at radius 2 is 2.18 bits per heavy atom. The van der Waals surface area contributed by atoms with Crippen molar-refractivity contribution in [1.29, 1.82) is 0 Å². The zero-order valence-electron chi connectivity index (χ0n) is 9.01. The summed E-state index contributed by atoms with van der Waals surface area (Å²) in [5, 5.41) is 7.95. The summed E-state index contributed by atoms with van der Waals surface area (Å²) in [4.78, 5) is 11.7. The molecule has 17 heavy (non-hydrogen) atoms. The summed E-state index contributed by atoms with van der Waals surface area (Å²) < 4.78 is 5.21. The van der Waals surface area contributed by atoms with E-state index in [0.717, 1.165) is 4.90 Å². The number of nitrogens with two attached hydrogens (primary N) is 2. The van der Waals surface area contributed by atoms with E-state index < -0.39 is 5.91 Å². The molecule has 0 saturated heterocycles. The van der Waals surface area contributed by atoms with Crippen molar-refractivity contribution in [3.8, 4) is 0 Å². The Kier molecular flexibility index (Phi) is 3.01. The van der Waals surface area contributed by atoms with Gasteiger partial charge in [-0.1, -0.05) is 0 Å². The summed E-state index contributed by atoms with van der Waals surface area (Å²) >= 11 is 1.24. The first kappa shape index (κ1) is 11.5. The van der Waals surface area contributed by atoms with Crippen LogP contribution in [0.15, 0.2) is 32.7 Å². The van der Waals surface area contributed by atoms with Gasteiger partial charge in [-0.15, -0.1) is 10.2 Å². The predicted molar refractivity (Wildman–Crippen MR) is 62.5 cm³/mol. The number of carbonyl (C=O) groups excluding carboxylic acids is 1. The summed E-state index contributed by atoms with van der Waals surface area (Å²) in [6.07, 6.45) is 0. The van der Waals surface area contributed by atoms with Crippen molar-refractivity contribution in [1.82, 2.24) is 10.2 Å². The van der Waals surface area contributed by atoms with Crippen molar-refractivity contribution in [3.63, 3.8) is 0 Å². The molecule has 0 aliphatic carbocycles. The first-order valence-corrected chi connectivity index (χ1v) is 5.55. The number of rotatable bonds is 3. The highest BCUT2D eigenvalue weighted by Gasteiger charge is 2.09. The van der Waals surface area contributed by atoms with Gasteiger partial charge in [0.25, 0.3) is 5.22 Å². The zero-order chi connectivity index (χ0) is 12.4. The van der Waals surface area contributed by atoms with E-state index in [9.17, 15) is 4.79 Å². The summed E-state index contributed by atoms with van der Waals surface area (Å²) in [6.45, 7) is 1.70. The number of aromatic nitrogens is 2. The van der Waals surface area contributed by atoms with Gasteiger partial charge in [-0.2, -0.15) is 0 Å². The van der Waals surface area contributed by atoms with Crippen molar-refractivity contribution in [2.45, 2.75) is 17.0 Å². The number of amides is 1. The Labute approximate surface area is 101 Å². The number of primary amides is 1. The second kappa shape index (κ2) is 4.46. The normalized spacial score (nSPS) is 10.4. The largest absolute Gasteiger partial charge is 0.416 e. The average molecular weight is 250 g/mol. The van der Waals surface area contributed by atoms with Gasteiger partial charge >= 0.3 is 0 Å². The number of nitrogens with zero attached hydrogens (tertiary/aromatic N) is 2. The maximum absolute atomic E-state index is 10.9. The lowest BCUT2D eigenvalue weighted by Crippen LogP contribution is -2.11. The molecule has 1 amide bonds. The van der Waals surface area contributed by atoms with Crippen molar-refractivity contribution in [2.75, 3.05) is 5.73 Å². The minimum Gasteiger partial charge on any atom is -0.416 e. The third kappa shape index (κ3) is 2.56. The highest BCUT2D eigenvalue weighted by molar-refractivity contribution is 7.99. The summed E-state index contributed by atoms with van der Waals surface area (Å²) in [5.74, 6) is -0.0262. The Bertz CT molecular complexity index is 567. The molecule has 1 aromatic carbocycles. The van der Waals surface area contributed by atoms with Crippen LogP contribution in [0.2, 0.25) is 0 Å². The Balaban J connectivity index is 2.25. The molecule has 0 aliphatic rings. The molecule has 2 rings (SSSR count). The van der Waals surface area contributed by atoms with Crippen LogP contribution >= 0.6 is 11.8 Å². The molecule has 6 nitrogen and oxygen atoms in total. The number of anilines is 1. The van der Waals surface area contributed by atoms with E-state index in [1.54, 1.807) is 19.1 Å². The second-order valence-electron chi connectivity index (χ2n) is 3.31. The minimum absolute atomic E-state index is 0.369. The fraction of sp³-hybridized carbons (Fsp3) is 0.100. The van der Waals surface area contributed by atoms with Gasteiger partial charge in [0.15, 0.2) is 0 Å². The molecule has 0 bridgehead atoms. The summed E-state index contributed by atoms with van der Waals surface area (Å²) in [7, 11) is 0. The minimum atomic E-state index is -0.512. The molecule has 0 aliphatic heterocycles. The van der Waals surface area contributed by atoms with Crippen LogP contribution in [-0.4, -0.2) is 16.1 Å². The van der Waals surface area contributed by atoms with E-state index in [-0.39, 0.29) is 0 Å². The van der Waals surface area contributed by atoms with E-state index in [1.807, 2.05) is 0 Å². The summed E-state index contributed by atoms with van der Waals surface area (Å²) in [5.41, 5.74) is 11.8. The number of benzene rings is 1. The molecule has 0 spiro atoms. The van der Waals surface area contributed by atoms with Crippen LogP contribution < -0.4 is 11.5 Å². The standard InChI is InChI=1S/C10H10N4O2S/c1-5-13-14-10(16-5)17-8-3-2-6(9(12)15)4-7(8)11/h2-4H,11H2,1H3,(H2,12,15). The Hall–Kier alpha value is -2.02. The molecule has 4 N–H and O–H groups in total. The van der Waals surface area contributed by atoms with Crippen LogP contribution in [0.5, 0.6) is 0 Å². The van der Waals surface area contributed by atoms with Gasteiger partial charge < -0.3 is 15.9 Å². The number of carbonyl (C=O) groups is 1. The van der Waals surface area contributed by atoms with E-state index >= 15 is 0 Å². The average Bonchev–Trinajstić information content (AvgIpc) is 2.67. The molecule has 1 heterocycles. The smallest absolute Gasteiger partial charge is 0.281 e. The Morgan fingerprint density at radius 1 is 1.41 bits per heavy atom. The molecular formula is C10H10N4O2S. The highest BCUT2D eigenvalue weighted by Crippen LogP contribution is 2.31. The van der Waals surface area contributed by atoms with Gasteiger partial charge in [-0.05, 0) is 30.0 Å². The molecule has 0 atom stereocenters. The molecule has 0 fully saturated rings. The van der Waals surface area contributed by atoms with Gasteiger partial charge in [-0.25, -0.2) is 0 Å². The fourth-order valence-electron chi connectivity index (χ4n) is 1.21. The van der Waals surface area contributed by atoms with Gasteiger partial charge in [-0.3, -0.25) is 4.79 Å². The van der Waals surface area contributed by atoms with Gasteiger partial charge in [0, 0.05) is 23.1 Å². The fourth-order valence-corrected chi connectivity index (χ4v) is 1.95. The SMILES string of the molecule is Cc1nnc(Sc2ccc(C(N)=O)cc2N)o1. The molecule has 0 unspecified atom stereocenters. The van der Waals surface area contributed by atoms with E-state index in [0.29, 0.717) is 22.4 Å². The molecule has 0 saturated carbocycles. The van der Waals surface area contributed by atoms with Crippen LogP contribution in [-0.2, 0) is 0 Å². The van der Waals surface area contributed by atoms with Gasteiger partial charge in [0.05, 0.1) is 0 Å². The molecule has 0 radical (unpaired) electrons. The summed E-state index contributed by atoms with van der Waals surface area (Å²) in [6, 6.07) is 4.82. The van der Waals surface area contributed by atoms with Crippen molar-refractivity contribution in [2.24, 2.45) is 5.73 Å². The maximum Gasteiger partial charge on any atom is 0.281 e. The first-order valence-electron chi connectivity index (χ1n) is 4.73. The molecule has 1 aromatic heterocycles. The highest BCUT2D eigenvalue weighted by atomic mass is 32.2.